The summed E-state index contributed by atoms with van der Waals surface area (Å²) in [6.45, 7) is 2.65. The van der Waals surface area contributed by atoms with Crippen molar-refractivity contribution < 1.29 is 31.5 Å². The normalized spacial score (nSPS) is 14.6. The van der Waals surface area contributed by atoms with Gasteiger partial charge in [-0.3, -0.25) is 4.79 Å². The number of rotatable bonds is 8. The van der Waals surface area contributed by atoms with Crippen LogP contribution in [0.4, 0.5) is 13.2 Å². The molecule has 0 spiro atoms. The first-order valence-corrected chi connectivity index (χ1v) is 7.38. The fraction of sp³-hybridized carbons (Fsp3) is 0.900. The fourth-order valence-electron chi connectivity index (χ4n) is 1.41. The third-order valence-electron chi connectivity index (χ3n) is 2.51. The lowest BCUT2D eigenvalue weighted by atomic mass is 10.2. The van der Waals surface area contributed by atoms with Gasteiger partial charge in [-0.15, -0.1) is 0 Å². The van der Waals surface area contributed by atoms with Crippen LogP contribution < -0.4 is 0 Å². The van der Waals surface area contributed by atoms with E-state index >= 15 is 0 Å². The second-order valence-corrected chi connectivity index (χ2v) is 6.31. The molecule has 0 aromatic heterocycles. The lowest BCUT2D eigenvalue weighted by Crippen LogP contribution is -2.38. The van der Waals surface area contributed by atoms with Crippen LogP contribution in [0.15, 0.2) is 0 Å². The summed E-state index contributed by atoms with van der Waals surface area (Å²) in [4.78, 5) is 10.7. The molecule has 0 saturated carbocycles. The van der Waals surface area contributed by atoms with Crippen molar-refractivity contribution in [1.29, 1.82) is 0 Å². The Morgan fingerprint density at radius 3 is 2.26 bits per heavy atom. The van der Waals surface area contributed by atoms with Gasteiger partial charge in [-0.25, -0.2) is 12.7 Å². The average molecular weight is 305 g/mol. The molecule has 19 heavy (non-hydrogen) atoms. The van der Waals surface area contributed by atoms with Gasteiger partial charge < -0.3 is 5.11 Å². The minimum Gasteiger partial charge on any atom is -0.481 e. The number of sulfonamides is 1. The SMILES string of the molecule is CCN(CC(C)C(=O)O)S(=O)(=O)CCCC(F)(F)F. The van der Waals surface area contributed by atoms with E-state index in [0.29, 0.717) is 0 Å². The standard InChI is InChI=1S/C10H18F3NO4S/c1-3-14(7-8(2)9(15)16)19(17,18)6-4-5-10(11,12)13/h8H,3-7H2,1-2H3,(H,15,16). The van der Waals surface area contributed by atoms with Crippen LogP contribution in [0.5, 0.6) is 0 Å². The van der Waals surface area contributed by atoms with E-state index in [0.717, 1.165) is 4.31 Å². The van der Waals surface area contributed by atoms with Crippen LogP contribution in [0, 0.1) is 5.92 Å². The predicted molar refractivity (Wildman–Crippen MR) is 63.1 cm³/mol. The van der Waals surface area contributed by atoms with Gasteiger partial charge in [-0.2, -0.15) is 13.2 Å². The van der Waals surface area contributed by atoms with Crippen LogP contribution >= 0.6 is 0 Å². The summed E-state index contributed by atoms with van der Waals surface area (Å²) in [6.07, 6.45) is -6.08. The maximum atomic E-state index is 11.9. The smallest absolute Gasteiger partial charge is 0.389 e. The number of hydrogen-bond donors (Lipinski definition) is 1. The highest BCUT2D eigenvalue weighted by Gasteiger charge is 2.29. The topological polar surface area (TPSA) is 74.7 Å². The monoisotopic (exact) mass is 305 g/mol. The molecule has 0 saturated heterocycles. The first-order valence-electron chi connectivity index (χ1n) is 5.77. The van der Waals surface area contributed by atoms with E-state index < -0.39 is 46.7 Å². The number of carboxylic acids is 1. The summed E-state index contributed by atoms with van der Waals surface area (Å²) < 4.78 is 60.3. The molecule has 0 fully saturated rings. The van der Waals surface area contributed by atoms with Gasteiger partial charge in [0, 0.05) is 19.5 Å². The molecule has 9 heteroatoms. The van der Waals surface area contributed by atoms with Gasteiger partial charge in [-0.05, 0) is 6.42 Å². The van der Waals surface area contributed by atoms with Gasteiger partial charge in [0.15, 0.2) is 0 Å². The Bertz CT molecular complexity index is 394. The van der Waals surface area contributed by atoms with Crippen molar-refractivity contribution in [2.75, 3.05) is 18.8 Å². The summed E-state index contributed by atoms with van der Waals surface area (Å²) >= 11 is 0. The number of hydrogen-bond acceptors (Lipinski definition) is 3. The summed E-state index contributed by atoms with van der Waals surface area (Å²) in [6, 6.07) is 0. The molecule has 0 aliphatic heterocycles. The first-order chi connectivity index (χ1) is 8.49. The quantitative estimate of drug-likeness (QED) is 0.740. The van der Waals surface area contributed by atoms with Crippen molar-refractivity contribution in [2.24, 2.45) is 5.92 Å². The molecule has 0 heterocycles. The maximum absolute atomic E-state index is 11.9. The molecule has 0 aliphatic rings. The molecule has 0 amide bonds. The van der Waals surface area contributed by atoms with Crippen molar-refractivity contribution in [3.05, 3.63) is 0 Å². The van der Waals surface area contributed by atoms with E-state index in [9.17, 15) is 26.4 Å². The third kappa shape index (κ3) is 7.36. The van der Waals surface area contributed by atoms with Gasteiger partial charge in [-0.1, -0.05) is 13.8 Å². The number of carbonyl (C=O) groups is 1. The summed E-state index contributed by atoms with van der Waals surface area (Å²) in [7, 11) is -3.85. The zero-order chi connectivity index (χ0) is 15.3. The predicted octanol–water partition coefficient (Wildman–Crippen LogP) is 1.70. The molecular weight excluding hydrogens is 287 g/mol. The highest BCUT2D eigenvalue weighted by molar-refractivity contribution is 7.89. The van der Waals surface area contributed by atoms with Crippen molar-refractivity contribution in [2.45, 2.75) is 32.9 Å². The molecule has 0 bridgehead atoms. The van der Waals surface area contributed by atoms with Gasteiger partial charge in [0.1, 0.15) is 0 Å². The Balaban J connectivity index is 4.54. The zero-order valence-corrected chi connectivity index (χ0v) is 11.6. The molecule has 1 atom stereocenters. The highest BCUT2D eigenvalue weighted by atomic mass is 32.2. The lowest BCUT2D eigenvalue weighted by molar-refractivity contribution is -0.141. The van der Waals surface area contributed by atoms with E-state index in [1.165, 1.54) is 13.8 Å². The Kier molecular flexibility index (Phi) is 6.78. The Labute approximate surface area is 110 Å². The average Bonchev–Trinajstić information content (AvgIpc) is 2.22. The highest BCUT2D eigenvalue weighted by Crippen LogP contribution is 2.22. The third-order valence-corrected chi connectivity index (χ3v) is 4.51. The number of alkyl halides is 3. The number of aliphatic carboxylic acids is 1. The Morgan fingerprint density at radius 2 is 1.89 bits per heavy atom. The molecular formula is C10H18F3NO4S. The van der Waals surface area contributed by atoms with Gasteiger partial charge >= 0.3 is 12.1 Å². The summed E-state index contributed by atoms with van der Waals surface area (Å²) in [5, 5.41) is 8.70. The molecule has 1 N–H and O–H groups in total. The van der Waals surface area contributed by atoms with Crippen LogP contribution in [0.25, 0.3) is 0 Å². The fourth-order valence-corrected chi connectivity index (χ4v) is 3.02. The maximum Gasteiger partial charge on any atom is 0.389 e. The van der Waals surface area contributed by atoms with Gasteiger partial charge in [0.05, 0.1) is 11.7 Å². The summed E-state index contributed by atoms with van der Waals surface area (Å²) in [5.41, 5.74) is 0. The summed E-state index contributed by atoms with van der Waals surface area (Å²) in [5.74, 6) is -2.69. The molecule has 0 radical (unpaired) electrons. The van der Waals surface area contributed by atoms with Crippen LogP contribution in [-0.2, 0) is 14.8 Å². The molecule has 0 aliphatic carbocycles. The van der Waals surface area contributed by atoms with E-state index in [1.807, 2.05) is 0 Å². The molecule has 0 rings (SSSR count). The van der Waals surface area contributed by atoms with E-state index in [1.54, 1.807) is 0 Å². The first kappa shape index (κ1) is 18.2. The van der Waals surface area contributed by atoms with Gasteiger partial charge in [0.2, 0.25) is 10.0 Å². The second kappa shape index (κ2) is 7.09. The van der Waals surface area contributed by atoms with E-state index in [-0.39, 0.29) is 13.1 Å². The molecule has 5 nitrogen and oxygen atoms in total. The minimum absolute atomic E-state index is 0.0337. The van der Waals surface area contributed by atoms with E-state index in [2.05, 4.69) is 0 Å². The molecule has 114 valence electrons. The zero-order valence-electron chi connectivity index (χ0n) is 10.8. The Morgan fingerprint density at radius 1 is 1.37 bits per heavy atom. The molecule has 0 aromatic carbocycles. The molecule has 1 unspecified atom stereocenters. The second-order valence-electron chi connectivity index (χ2n) is 4.22. The minimum atomic E-state index is -4.39. The number of halogens is 3. The largest absolute Gasteiger partial charge is 0.481 e. The van der Waals surface area contributed by atoms with Crippen LogP contribution in [0.2, 0.25) is 0 Å². The van der Waals surface area contributed by atoms with Crippen molar-refractivity contribution in [3.8, 4) is 0 Å². The van der Waals surface area contributed by atoms with Crippen molar-refractivity contribution >= 4 is 16.0 Å². The number of nitrogens with zero attached hydrogens (tertiary/aromatic N) is 1. The molecule has 0 aromatic rings. The van der Waals surface area contributed by atoms with Crippen LogP contribution in [0.3, 0.4) is 0 Å². The van der Waals surface area contributed by atoms with Crippen LogP contribution in [-0.4, -0.2) is 48.8 Å². The van der Waals surface area contributed by atoms with Gasteiger partial charge in [0.25, 0.3) is 0 Å². The van der Waals surface area contributed by atoms with Crippen LogP contribution in [0.1, 0.15) is 26.7 Å². The van der Waals surface area contributed by atoms with Crippen molar-refractivity contribution in [1.82, 2.24) is 4.31 Å². The van der Waals surface area contributed by atoms with E-state index in [4.69, 9.17) is 5.11 Å². The van der Waals surface area contributed by atoms with Crippen molar-refractivity contribution in [3.63, 3.8) is 0 Å². The Hall–Kier alpha value is -0.830. The number of carboxylic acid groups (broad SMARTS) is 1. The lowest BCUT2D eigenvalue weighted by Gasteiger charge is -2.22.